The fourth-order valence-corrected chi connectivity index (χ4v) is 2.06. The molecule has 1 aliphatic rings. The van der Waals surface area contributed by atoms with Crippen LogP contribution in [0.4, 0.5) is 4.39 Å². The Morgan fingerprint density at radius 3 is 2.81 bits per heavy atom. The Kier molecular flexibility index (Phi) is 5.24. The van der Waals surface area contributed by atoms with Crippen LogP contribution >= 0.6 is 0 Å². The third-order valence-electron chi connectivity index (χ3n) is 3.27. The van der Waals surface area contributed by atoms with Crippen molar-refractivity contribution in [2.75, 3.05) is 32.7 Å². The standard InChI is InChI=1S/C14H18FN3O3/c15-11-3-1-10(2-4-11)12(19)7-17-13(20)9-18-6-5-16-8-14(18)21/h1-4,12,16,19H,5-9H2,(H,17,20). The first-order valence-corrected chi connectivity index (χ1v) is 6.75. The van der Waals surface area contributed by atoms with Gasteiger partial charge in [-0.3, -0.25) is 9.59 Å². The van der Waals surface area contributed by atoms with Crippen molar-refractivity contribution in [2.24, 2.45) is 0 Å². The Morgan fingerprint density at radius 2 is 2.14 bits per heavy atom. The van der Waals surface area contributed by atoms with Crippen molar-refractivity contribution in [3.05, 3.63) is 35.6 Å². The van der Waals surface area contributed by atoms with Crippen LogP contribution in [0.1, 0.15) is 11.7 Å². The van der Waals surface area contributed by atoms with Crippen molar-refractivity contribution < 1.29 is 19.1 Å². The minimum atomic E-state index is -0.909. The molecule has 1 atom stereocenters. The molecule has 1 aromatic carbocycles. The second kappa shape index (κ2) is 7.14. The molecule has 114 valence electrons. The number of carbonyl (C=O) groups is 2. The lowest BCUT2D eigenvalue weighted by atomic mass is 10.1. The Bertz CT molecular complexity index is 507. The van der Waals surface area contributed by atoms with Crippen LogP contribution in [0, 0.1) is 5.82 Å². The number of halogens is 1. The Labute approximate surface area is 121 Å². The van der Waals surface area contributed by atoms with Gasteiger partial charge in [-0.2, -0.15) is 0 Å². The summed E-state index contributed by atoms with van der Waals surface area (Å²) in [4.78, 5) is 24.7. The third kappa shape index (κ3) is 4.51. The average molecular weight is 295 g/mol. The largest absolute Gasteiger partial charge is 0.387 e. The molecule has 0 aliphatic carbocycles. The molecule has 1 saturated heterocycles. The van der Waals surface area contributed by atoms with Crippen molar-refractivity contribution >= 4 is 11.8 Å². The predicted octanol–water partition coefficient (Wildman–Crippen LogP) is -0.593. The molecule has 1 heterocycles. The van der Waals surface area contributed by atoms with E-state index in [1.54, 1.807) is 0 Å². The topological polar surface area (TPSA) is 81.7 Å². The van der Waals surface area contributed by atoms with Crippen LogP contribution in [0.15, 0.2) is 24.3 Å². The second-order valence-corrected chi connectivity index (χ2v) is 4.86. The van der Waals surface area contributed by atoms with Crippen LogP contribution in [-0.2, 0) is 9.59 Å². The molecule has 3 N–H and O–H groups in total. The number of rotatable bonds is 5. The maximum Gasteiger partial charge on any atom is 0.239 e. The zero-order chi connectivity index (χ0) is 15.2. The lowest BCUT2D eigenvalue weighted by molar-refractivity contribution is -0.136. The molecule has 2 amide bonds. The Hall–Kier alpha value is -1.99. The molecule has 7 heteroatoms. The summed E-state index contributed by atoms with van der Waals surface area (Å²) in [6.45, 7) is 1.40. The smallest absolute Gasteiger partial charge is 0.239 e. The quantitative estimate of drug-likeness (QED) is 0.678. The molecular weight excluding hydrogens is 277 g/mol. The highest BCUT2D eigenvalue weighted by atomic mass is 19.1. The molecule has 0 spiro atoms. The summed E-state index contributed by atoms with van der Waals surface area (Å²) in [5.74, 6) is -0.825. The second-order valence-electron chi connectivity index (χ2n) is 4.86. The van der Waals surface area contributed by atoms with Gasteiger partial charge in [0, 0.05) is 19.6 Å². The third-order valence-corrected chi connectivity index (χ3v) is 3.27. The van der Waals surface area contributed by atoms with Crippen LogP contribution in [0.5, 0.6) is 0 Å². The minimum Gasteiger partial charge on any atom is -0.387 e. The average Bonchev–Trinajstić information content (AvgIpc) is 2.48. The van der Waals surface area contributed by atoms with E-state index in [1.165, 1.54) is 29.2 Å². The van der Waals surface area contributed by atoms with E-state index in [2.05, 4.69) is 10.6 Å². The van der Waals surface area contributed by atoms with E-state index in [-0.39, 0.29) is 37.3 Å². The number of amides is 2. The lowest BCUT2D eigenvalue weighted by Crippen LogP contribution is -2.51. The van der Waals surface area contributed by atoms with Gasteiger partial charge in [-0.25, -0.2) is 4.39 Å². The molecule has 2 rings (SSSR count). The van der Waals surface area contributed by atoms with Gasteiger partial charge in [-0.15, -0.1) is 0 Å². The van der Waals surface area contributed by atoms with Crippen LogP contribution in [-0.4, -0.2) is 54.5 Å². The van der Waals surface area contributed by atoms with Crippen molar-refractivity contribution in [3.63, 3.8) is 0 Å². The van der Waals surface area contributed by atoms with E-state index in [1.807, 2.05) is 0 Å². The molecule has 0 saturated carbocycles. The molecule has 0 radical (unpaired) electrons. The number of hydrogen-bond acceptors (Lipinski definition) is 4. The van der Waals surface area contributed by atoms with E-state index in [0.29, 0.717) is 18.7 Å². The number of hydrogen-bond donors (Lipinski definition) is 3. The number of nitrogens with zero attached hydrogens (tertiary/aromatic N) is 1. The number of nitrogens with one attached hydrogen (secondary N) is 2. The van der Waals surface area contributed by atoms with Crippen LogP contribution in [0.3, 0.4) is 0 Å². The van der Waals surface area contributed by atoms with Gasteiger partial charge in [-0.1, -0.05) is 12.1 Å². The highest BCUT2D eigenvalue weighted by molar-refractivity contribution is 5.86. The van der Waals surface area contributed by atoms with Crippen LogP contribution in [0.25, 0.3) is 0 Å². The molecule has 1 aliphatic heterocycles. The lowest BCUT2D eigenvalue weighted by Gasteiger charge is -2.26. The van der Waals surface area contributed by atoms with Crippen molar-refractivity contribution in [3.8, 4) is 0 Å². The van der Waals surface area contributed by atoms with E-state index >= 15 is 0 Å². The van der Waals surface area contributed by atoms with E-state index in [4.69, 9.17) is 0 Å². The number of piperazine rings is 1. The number of aliphatic hydroxyl groups is 1. The van der Waals surface area contributed by atoms with Crippen molar-refractivity contribution in [1.29, 1.82) is 0 Å². The number of benzene rings is 1. The highest BCUT2D eigenvalue weighted by Crippen LogP contribution is 2.12. The summed E-state index contributed by atoms with van der Waals surface area (Å²) in [6, 6.07) is 5.43. The number of aliphatic hydroxyl groups excluding tert-OH is 1. The van der Waals surface area contributed by atoms with Gasteiger partial charge < -0.3 is 20.6 Å². The van der Waals surface area contributed by atoms with Gasteiger partial charge in [0.15, 0.2) is 0 Å². The summed E-state index contributed by atoms with van der Waals surface area (Å²) in [5, 5.41) is 15.4. The van der Waals surface area contributed by atoms with E-state index in [0.717, 1.165) is 0 Å². The summed E-state index contributed by atoms with van der Waals surface area (Å²) in [7, 11) is 0. The molecule has 1 aromatic rings. The molecule has 6 nitrogen and oxygen atoms in total. The maximum absolute atomic E-state index is 12.8. The molecule has 0 aromatic heterocycles. The molecule has 1 unspecified atom stereocenters. The predicted molar refractivity (Wildman–Crippen MR) is 73.8 cm³/mol. The minimum absolute atomic E-state index is 0.0172. The summed E-state index contributed by atoms with van der Waals surface area (Å²) >= 11 is 0. The SMILES string of the molecule is O=C(CN1CCNCC1=O)NCC(O)c1ccc(F)cc1. The molecule has 1 fully saturated rings. The maximum atomic E-state index is 12.8. The first-order chi connectivity index (χ1) is 10.1. The highest BCUT2D eigenvalue weighted by Gasteiger charge is 2.20. The fourth-order valence-electron chi connectivity index (χ4n) is 2.06. The van der Waals surface area contributed by atoms with Crippen LogP contribution < -0.4 is 10.6 Å². The normalized spacial score (nSPS) is 16.7. The van der Waals surface area contributed by atoms with Gasteiger partial charge in [0.1, 0.15) is 5.82 Å². The molecule has 0 bridgehead atoms. The monoisotopic (exact) mass is 295 g/mol. The summed E-state index contributed by atoms with van der Waals surface area (Å²) in [6.07, 6.45) is -0.909. The first-order valence-electron chi connectivity index (χ1n) is 6.75. The zero-order valence-electron chi connectivity index (χ0n) is 11.5. The molecular formula is C14H18FN3O3. The van der Waals surface area contributed by atoms with Crippen LogP contribution in [0.2, 0.25) is 0 Å². The van der Waals surface area contributed by atoms with E-state index in [9.17, 15) is 19.1 Å². The van der Waals surface area contributed by atoms with Gasteiger partial charge in [0.2, 0.25) is 11.8 Å². The van der Waals surface area contributed by atoms with Gasteiger partial charge in [0.05, 0.1) is 19.2 Å². The Morgan fingerprint density at radius 1 is 1.43 bits per heavy atom. The first kappa shape index (κ1) is 15.4. The van der Waals surface area contributed by atoms with Gasteiger partial charge in [0.25, 0.3) is 0 Å². The zero-order valence-corrected chi connectivity index (χ0v) is 11.5. The van der Waals surface area contributed by atoms with Gasteiger partial charge in [-0.05, 0) is 17.7 Å². The van der Waals surface area contributed by atoms with Crippen molar-refractivity contribution in [1.82, 2.24) is 15.5 Å². The molecule has 21 heavy (non-hydrogen) atoms. The summed E-state index contributed by atoms with van der Waals surface area (Å²) < 4.78 is 12.8. The fraction of sp³-hybridized carbons (Fsp3) is 0.429. The summed E-state index contributed by atoms with van der Waals surface area (Å²) in [5.41, 5.74) is 0.523. The number of carbonyl (C=O) groups excluding carboxylic acids is 2. The van der Waals surface area contributed by atoms with Gasteiger partial charge >= 0.3 is 0 Å². The van der Waals surface area contributed by atoms with E-state index < -0.39 is 6.10 Å². The van der Waals surface area contributed by atoms with Crippen molar-refractivity contribution in [2.45, 2.75) is 6.10 Å². The Balaban J connectivity index is 1.78.